The summed E-state index contributed by atoms with van der Waals surface area (Å²) >= 11 is 0. The maximum absolute atomic E-state index is 15.0. The lowest BCUT2D eigenvalue weighted by Crippen LogP contribution is -2.63. The maximum atomic E-state index is 15.0. The molecule has 1 aliphatic heterocycles. The molecule has 0 saturated carbocycles. The molecule has 0 aliphatic carbocycles. The number of rotatable bonds is 6. The lowest BCUT2D eigenvalue weighted by molar-refractivity contribution is -0.109. The molecule has 1 aromatic heterocycles. The van der Waals surface area contributed by atoms with Crippen LogP contribution in [0.25, 0.3) is 10.8 Å². The van der Waals surface area contributed by atoms with E-state index in [1.54, 1.807) is 24.3 Å². The van der Waals surface area contributed by atoms with Gasteiger partial charge in [-0.2, -0.15) is 23.4 Å². The van der Waals surface area contributed by atoms with E-state index in [1.807, 2.05) is 0 Å². The van der Waals surface area contributed by atoms with Crippen molar-refractivity contribution >= 4 is 22.5 Å². The van der Waals surface area contributed by atoms with Gasteiger partial charge in [-0.1, -0.05) is 36.9 Å². The molecule has 0 radical (unpaired) electrons. The zero-order valence-electron chi connectivity index (χ0n) is 21.0. The number of nitrogens with two attached hydrogens (primary N) is 1. The molecule has 2 heterocycles. The Morgan fingerprint density at radius 1 is 1.26 bits per heavy atom. The average Bonchev–Trinajstić information content (AvgIpc) is 2.90. The molecular formula is C27H26F4N6O2. The molecule has 1 amide bonds. The third-order valence-electron chi connectivity index (χ3n) is 6.63. The fourth-order valence-electron chi connectivity index (χ4n) is 4.82. The number of hydrazone groups is 1. The van der Waals surface area contributed by atoms with Crippen LogP contribution in [-0.2, 0) is 6.42 Å². The van der Waals surface area contributed by atoms with E-state index in [-0.39, 0.29) is 36.3 Å². The summed E-state index contributed by atoms with van der Waals surface area (Å²) in [6.07, 6.45) is -3.14. The molecule has 2 unspecified atom stereocenters. The summed E-state index contributed by atoms with van der Waals surface area (Å²) in [6, 6.07) is 8.94. The van der Waals surface area contributed by atoms with E-state index in [4.69, 9.17) is 5.84 Å². The number of hydrogen-bond acceptors (Lipinski definition) is 5. The van der Waals surface area contributed by atoms with Gasteiger partial charge < -0.3 is 15.6 Å². The smallest absolute Gasteiger partial charge is 0.326 e. The zero-order chi connectivity index (χ0) is 28.5. The van der Waals surface area contributed by atoms with Gasteiger partial charge in [-0.25, -0.2) is 9.49 Å². The van der Waals surface area contributed by atoms with Crippen molar-refractivity contribution in [3.05, 3.63) is 100 Å². The SMILES string of the molecule is C=CCC1/C(=N\N)N(C(=C)C(F)(F)F)C(C)CN1C(=O)c1cc(Cc2n[nH]c(=O)c3ccccc23)ccc1F. The van der Waals surface area contributed by atoms with Gasteiger partial charge in [-0.05, 0) is 37.1 Å². The van der Waals surface area contributed by atoms with Crippen molar-refractivity contribution < 1.29 is 22.4 Å². The lowest BCUT2D eigenvalue weighted by Gasteiger charge is -2.47. The minimum atomic E-state index is -4.75. The number of alkyl halides is 3. The minimum Gasteiger partial charge on any atom is -0.326 e. The van der Waals surface area contributed by atoms with Crippen molar-refractivity contribution in [3.63, 3.8) is 0 Å². The van der Waals surface area contributed by atoms with Crippen LogP contribution in [0.2, 0.25) is 0 Å². The molecule has 39 heavy (non-hydrogen) atoms. The number of aromatic nitrogens is 2. The molecule has 8 nitrogen and oxygen atoms in total. The molecule has 1 saturated heterocycles. The molecule has 204 valence electrons. The number of hydrogen-bond donors (Lipinski definition) is 2. The Hall–Kier alpha value is -4.48. The number of benzene rings is 2. The van der Waals surface area contributed by atoms with E-state index >= 15 is 4.39 Å². The molecule has 2 atom stereocenters. The van der Waals surface area contributed by atoms with Crippen LogP contribution in [0, 0.1) is 5.82 Å². The summed E-state index contributed by atoms with van der Waals surface area (Å²) in [5.41, 5.74) is -0.743. The largest absolute Gasteiger partial charge is 0.430 e. The van der Waals surface area contributed by atoms with Crippen LogP contribution in [0.15, 0.2) is 77.3 Å². The second-order valence-electron chi connectivity index (χ2n) is 9.18. The highest BCUT2D eigenvalue weighted by Gasteiger charge is 2.46. The number of H-pyrrole nitrogens is 1. The van der Waals surface area contributed by atoms with Crippen molar-refractivity contribution in [1.82, 2.24) is 20.0 Å². The molecule has 3 aromatic rings. The highest BCUT2D eigenvalue weighted by Crippen LogP contribution is 2.34. The van der Waals surface area contributed by atoms with Gasteiger partial charge in [0.2, 0.25) is 0 Å². The fourth-order valence-corrected chi connectivity index (χ4v) is 4.82. The number of nitrogens with zero attached hydrogens (tertiary/aromatic N) is 4. The van der Waals surface area contributed by atoms with Crippen molar-refractivity contribution in [3.8, 4) is 0 Å². The Morgan fingerprint density at radius 2 is 1.95 bits per heavy atom. The number of amides is 1. The molecule has 3 N–H and O–H groups in total. The van der Waals surface area contributed by atoms with Crippen LogP contribution in [0.3, 0.4) is 0 Å². The summed E-state index contributed by atoms with van der Waals surface area (Å²) in [5, 5.41) is 11.2. The van der Waals surface area contributed by atoms with Crippen LogP contribution in [-0.4, -0.2) is 56.5 Å². The molecule has 0 bridgehead atoms. The summed E-state index contributed by atoms with van der Waals surface area (Å²) < 4.78 is 55.6. The van der Waals surface area contributed by atoms with Gasteiger partial charge >= 0.3 is 6.18 Å². The minimum absolute atomic E-state index is 0.0186. The molecule has 12 heteroatoms. The lowest BCUT2D eigenvalue weighted by atomic mass is 9.98. The summed E-state index contributed by atoms with van der Waals surface area (Å²) in [6.45, 7) is 8.08. The van der Waals surface area contributed by atoms with Crippen molar-refractivity contribution in [1.29, 1.82) is 0 Å². The Morgan fingerprint density at radius 3 is 2.59 bits per heavy atom. The Kier molecular flexibility index (Phi) is 7.57. The normalized spacial score (nSPS) is 18.9. The molecule has 1 aliphatic rings. The Balaban J connectivity index is 1.70. The maximum Gasteiger partial charge on any atom is 0.430 e. The number of aromatic amines is 1. The van der Waals surface area contributed by atoms with Crippen LogP contribution < -0.4 is 11.4 Å². The van der Waals surface area contributed by atoms with Gasteiger partial charge in [0.15, 0.2) is 5.84 Å². The van der Waals surface area contributed by atoms with E-state index in [2.05, 4.69) is 28.5 Å². The summed E-state index contributed by atoms with van der Waals surface area (Å²) in [4.78, 5) is 27.9. The van der Waals surface area contributed by atoms with Gasteiger partial charge in [-0.3, -0.25) is 9.59 Å². The number of nitrogens with one attached hydrogen (secondary N) is 1. The quantitative estimate of drug-likeness (QED) is 0.211. The first-order valence-electron chi connectivity index (χ1n) is 12.0. The first-order chi connectivity index (χ1) is 18.5. The summed E-state index contributed by atoms with van der Waals surface area (Å²) in [5.74, 6) is 3.73. The predicted molar refractivity (Wildman–Crippen MR) is 139 cm³/mol. The van der Waals surface area contributed by atoms with Crippen LogP contribution in [0.5, 0.6) is 0 Å². The van der Waals surface area contributed by atoms with E-state index in [0.29, 0.717) is 22.0 Å². The number of carbonyl (C=O) groups is 1. The van der Waals surface area contributed by atoms with Crippen LogP contribution >= 0.6 is 0 Å². The van der Waals surface area contributed by atoms with Gasteiger partial charge in [0.1, 0.15) is 11.5 Å². The monoisotopic (exact) mass is 542 g/mol. The number of piperazine rings is 1. The third kappa shape index (κ3) is 5.27. The van der Waals surface area contributed by atoms with Crippen molar-refractivity contribution in [2.24, 2.45) is 10.9 Å². The number of amidine groups is 1. The first-order valence-corrected chi connectivity index (χ1v) is 12.0. The van der Waals surface area contributed by atoms with Gasteiger partial charge in [0, 0.05) is 18.4 Å². The van der Waals surface area contributed by atoms with Crippen LogP contribution in [0.1, 0.15) is 35.0 Å². The number of fused-ring (bicyclic) bond motifs is 1. The van der Waals surface area contributed by atoms with E-state index < -0.39 is 35.7 Å². The first kappa shape index (κ1) is 27.6. The topological polar surface area (TPSA) is 108 Å². The van der Waals surface area contributed by atoms with Crippen molar-refractivity contribution in [2.75, 3.05) is 6.54 Å². The molecular weight excluding hydrogens is 516 g/mol. The van der Waals surface area contributed by atoms with Gasteiger partial charge in [0.05, 0.1) is 28.7 Å². The Bertz CT molecular complexity index is 1530. The van der Waals surface area contributed by atoms with E-state index in [1.165, 1.54) is 30.0 Å². The molecule has 2 aromatic carbocycles. The number of halogens is 4. The molecule has 4 rings (SSSR count). The summed E-state index contributed by atoms with van der Waals surface area (Å²) in [7, 11) is 0. The number of allylic oxidation sites excluding steroid dienone is 1. The second-order valence-corrected chi connectivity index (χ2v) is 9.18. The highest BCUT2D eigenvalue weighted by atomic mass is 19.4. The van der Waals surface area contributed by atoms with Gasteiger partial charge in [-0.15, -0.1) is 6.58 Å². The number of carbonyl (C=O) groups excluding carboxylic acids is 1. The van der Waals surface area contributed by atoms with Crippen molar-refractivity contribution in [2.45, 2.75) is 38.0 Å². The molecule has 1 fully saturated rings. The predicted octanol–water partition coefficient (Wildman–Crippen LogP) is 4.09. The standard InChI is InChI=1S/C27H26F4N6O2/c1-4-7-23-24(33-32)37(16(3)27(29,30)31)15(2)14-36(23)26(39)20-12-17(10-11-21(20)28)13-22-18-8-5-6-9-19(18)25(38)35-34-22/h4-6,8-12,15,23H,1,3,7,13-14,32H2,2H3,(H,35,38)/b33-24+. The van der Waals surface area contributed by atoms with E-state index in [0.717, 1.165) is 11.0 Å². The second kappa shape index (κ2) is 10.7. The Labute approximate surface area is 221 Å². The highest BCUT2D eigenvalue weighted by molar-refractivity contribution is 6.00. The van der Waals surface area contributed by atoms with Crippen LogP contribution in [0.4, 0.5) is 17.6 Å². The average molecular weight is 543 g/mol. The molecule has 0 spiro atoms. The van der Waals surface area contributed by atoms with E-state index in [9.17, 15) is 22.8 Å². The zero-order valence-corrected chi connectivity index (χ0v) is 21.0. The fraction of sp³-hybridized carbons (Fsp3) is 0.259. The third-order valence-corrected chi connectivity index (χ3v) is 6.63. The van der Waals surface area contributed by atoms with Gasteiger partial charge in [0.25, 0.3) is 11.5 Å².